The van der Waals surface area contributed by atoms with Crippen molar-refractivity contribution in [2.45, 2.75) is 51.5 Å². The van der Waals surface area contributed by atoms with Crippen molar-refractivity contribution in [3.63, 3.8) is 0 Å². The highest BCUT2D eigenvalue weighted by Crippen LogP contribution is 2.29. The van der Waals surface area contributed by atoms with Crippen molar-refractivity contribution in [2.75, 3.05) is 0 Å². The van der Waals surface area contributed by atoms with Gasteiger partial charge in [0.15, 0.2) is 0 Å². The molecule has 0 aliphatic heterocycles. The molecule has 2 heterocycles. The lowest BCUT2D eigenvalue weighted by Crippen LogP contribution is -2.28. The number of benzene rings is 1. The Morgan fingerprint density at radius 3 is 2.68 bits per heavy atom. The Morgan fingerprint density at radius 1 is 1.14 bits per heavy atom. The zero-order valence-corrected chi connectivity index (χ0v) is 12.8. The first-order valence-electron chi connectivity index (χ1n) is 8.18. The molecule has 1 aromatic carbocycles. The van der Waals surface area contributed by atoms with Crippen LogP contribution in [-0.2, 0) is 6.42 Å². The summed E-state index contributed by atoms with van der Waals surface area (Å²) in [6.07, 6.45) is 6.55. The van der Waals surface area contributed by atoms with Crippen molar-refractivity contribution < 1.29 is 0 Å². The zero-order valence-electron chi connectivity index (χ0n) is 12.8. The zero-order chi connectivity index (χ0) is 15.1. The molecule has 1 saturated carbocycles. The van der Waals surface area contributed by atoms with Gasteiger partial charge in [-0.15, -0.1) is 10.2 Å². The molecule has 0 radical (unpaired) electrons. The third-order valence-electron chi connectivity index (χ3n) is 4.78. The fourth-order valence-electron chi connectivity index (χ4n) is 3.68. The second-order valence-electron chi connectivity index (χ2n) is 6.09. The van der Waals surface area contributed by atoms with E-state index in [9.17, 15) is 4.79 Å². The Hall–Kier alpha value is -2.17. The molecule has 5 heteroatoms. The maximum atomic E-state index is 13.0. The van der Waals surface area contributed by atoms with Crippen LogP contribution in [0.15, 0.2) is 29.1 Å². The summed E-state index contributed by atoms with van der Waals surface area (Å²) in [5.41, 5.74) is 0.987. The number of aromatic nitrogens is 4. The maximum absolute atomic E-state index is 13.0. The van der Waals surface area contributed by atoms with Crippen LogP contribution in [0.4, 0.5) is 0 Å². The van der Waals surface area contributed by atoms with Gasteiger partial charge in [-0.2, -0.15) is 0 Å². The van der Waals surface area contributed by atoms with Gasteiger partial charge in [-0.1, -0.05) is 38.3 Å². The van der Waals surface area contributed by atoms with Crippen LogP contribution in [0.3, 0.4) is 0 Å². The molecular formula is C17H20N4O. The number of hydrogen-bond acceptors (Lipinski definition) is 3. The monoisotopic (exact) mass is 296 g/mol. The van der Waals surface area contributed by atoms with E-state index in [2.05, 4.69) is 21.5 Å². The lowest BCUT2D eigenvalue weighted by Gasteiger charge is -2.24. The van der Waals surface area contributed by atoms with E-state index < -0.39 is 0 Å². The number of fused-ring (bicyclic) bond motifs is 3. The molecule has 0 atom stereocenters. The lowest BCUT2D eigenvalue weighted by atomic mass is 9.95. The molecule has 0 saturated heterocycles. The Balaban J connectivity index is 2.11. The van der Waals surface area contributed by atoms with Gasteiger partial charge in [0, 0.05) is 12.5 Å². The molecule has 5 nitrogen and oxygen atoms in total. The minimum atomic E-state index is 0.0741. The topological polar surface area (TPSA) is 52.2 Å². The van der Waals surface area contributed by atoms with Crippen molar-refractivity contribution >= 4 is 16.7 Å². The second-order valence-corrected chi connectivity index (χ2v) is 6.09. The van der Waals surface area contributed by atoms with Gasteiger partial charge in [-0.05, 0) is 25.0 Å². The van der Waals surface area contributed by atoms with Crippen LogP contribution in [-0.4, -0.2) is 19.2 Å². The van der Waals surface area contributed by atoms with E-state index in [0.717, 1.165) is 36.0 Å². The number of nitrogens with zero attached hydrogens (tertiary/aromatic N) is 4. The van der Waals surface area contributed by atoms with E-state index in [4.69, 9.17) is 0 Å². The summed E-state index contributed by atoms with van der Waals surface area (Å²) in [6, 6.07) is 8.04. The van der Waals surface area contributed by atoms with Gasteiger partial charge in [0.25, 0.3) is 5.56 Å². The van der Waals surface area contributed by atoms with E-state index in [1.54, 1.807) is 0 Å². The van der Waals surface area contributed by atoms with Gasteiger partial charge in [-0.3, -0.25) is 13.8 Å². The average Bonchev–Trinajstić information content (AvgIpc) is 3.00. The first-order valence-corrected chi connectivity index (χ1v) is 8.18. The molecule has 0 spiro atoms. The summed E-state index contributed by atoms with van der Waals surface area (Å²) >= 11 is 0. The van der Waals surface area contributed by atoms with Crippen LogP contribution in [0.1, 0.15) is 50.9 Å². The maximum Gasteiger partial charge on any atom is 0.263 e. The molecule has 114 valence electrons. The van der Waals surface area contributed by atoms with Crippen LogP contribution in [0.2, 0.25) is 0 Å². The van der Waals surface area contributed by atoms with Crippen LogP contribution < -0.4 is 5.56 Å². The minimum absolute atomic E-state index is 0.0741. The summed E-state index contributed by atoms with van der Waals surface area (Å²) in [5.74, 6) is 1.61. The smallest absolute Gasteiger partial charge is 0.263 e. The molecule has 22 heavy (non-hydrogen) atoms. The van der Waals surface area contributed by atoms with Crippen molar-refractivity contribution in [2.24, 2.45) is 0 Å². The van der Waals surface area contributed by atoms with Gasteiger partial charge >= 0.3 is 0 Å². The van der Waals surface area contributed by atoms with Crippen LogP contribution in [0.5, 0.6) is 0 Å². The Labute approximate surface area is 128 Å². The summed E-state index contributed by atoms with van der Waals surface area (Å²) in [4.78, 5) is 13.0. The largest absolute Gasteiger partial charge is 0.273 e. The predicted octanol–water partition coefficient (Wildman–Crippen LogP) is 3.11. The molecule has 3 aromatic rings. The molecule has 0 bridgehead atoms. The first-order chi connectivity index (χ1) is 10.8. The van der Waals surface area contributed by atoms with Crippen LogP contribution >= 0.6 is 0 Å². The van der Waals surface area contributed by atoms with Gasteiger partial charge < -0.3 is 0 Å². The standard InChI is InChI=1S/C17H20N4O/c1-2-15-18-19-17-20(12-8-4-3-5-9-12)16(22)13-10-6-7-11-14(13)21(15)17/h6-7,10-12H,2-5,8-9H2,1H3. The van der Waals surface area contributed by atoms with E-state index in [1.807, 2.05) is 28.8 Å². The summed E-state index contributed by atoms with van der Waals surface area (Å²) in [5, 5.41) is 9.42. The Morgan fingerprint density at radius 2 is 1.91 bits per heavy atom. The van der Waals surface area contributed by atoms with Crippen molar-refractivity contribution in [3.8, 4) is 0 Å². The third kappa shape index (κ3) is 1.88. The van der Waals surface area contributed by atoms with E-state index in [0.29, 0.717) is 5.78 Å². The number of hydrogen-bond donors (Lipinski definition) is 0. The van der Waals surface area contributed by atoms with E-state index in [-0.39, 0.29) is 11.6 Å². The fraction of sp³-hybridized carbons (Fsp3) is 0.471. The lowest BCUT2D eigenvalue weighted by molar-refractivity contribution is 0.351. The van der Waals surface area contributed by atoms with Crippen molar-refractivity contribution in [1.29, 1.82) is 0 Å². The highest BCUT2D eigenvalue weighted by atomic mass is 16.1. The molecule has 0 unspecified atom stereocenters. The predicted molar refractivity (Wildman–Crippen MR) is 86.3 cm³/mol. The third-order valence-corrected chi connectivity index (χ3v) is 4.78. The fourth-order valence-corrected chi connectivity index (χ4v) is 3.68. The average molecular weight is 296 g/mol. The van der Waals surface area contributed by atoms with E-state index >= 15 is 0 Å². The van der Waals surface area contributed by atoms with Gasteiger partial charge in [0.1, 0.15) is 5.82 Å². The highest BCUT2D eigenvalue weighted by Gasteiger charge is 2.23. The van der Waals surface area contributed by atoms with E-state index in [1.165, 1.54) is 19.3 Å². The van der Waals surface area contributed by atoms with Gasteiger partial charge in [-0.25, -0.2) is 0 Å². The number of aryl methyl sites for hydroxylation is 1. The molecule has 1 aliphatic rings. The molecule has 4 rings (SSSR count). The van der Waals surface area contributed by atoms with Crippen LogP contribution in [0, 0.1) is 0 Å². The van der Waals surface area contributed by atoms with Gasteiger partial charge in [0.2, 0.25) is 5.78 Å². The summed E-state index contributed by atoms with van der Waals surface area (Å²) in [7, 11) is 0. The van der Waals surface area contributed by atoms with Crippen molar-refractivity contribution in [1.82, 2.24) is 19.2 Å². The second kappa shape index (κ2) is 5.23. The summed E-state index contributed by atoms with van der Waals surface area (Å²) < 4.78 is 3.96. The first kappa shape index (κ1) is 13.5. The Bertz CT molecular complexity index is 887. The van der Waals surface area contributed by atoms with Gasteiger partial charge in [0.05, 0.1) is 10.9 Å². The summed E-state index contributed by atoms with van der Waals surface area (Å²) in [6.45, 7) is 2.07. The molecule has 2 aromatic heterocycles. The Kier molecular flexibility index (Phi) is 3.21. The molecule has 0 N–H and O–H groups in total. The van der Waals surface area contributed by atoms with Crippen LogP contribution in [0.25, 0.3) is 16.7 Å². The molecule has 0 amide bonds. The molecule has 1 aliphatic carbocycles. The quantitative estimate of drug-likeness (QED) is 0.730. The minimum Gasteiger partial charge on any atom is -0.273 e. The normalized spacial score (nSPS) is 16.6. The highest BCUT2D eigenvalue weighted by molar-refractivity contribution is 5.80. The number of para-hydroxylation sites is 1. The van der Waals surface area contributed by atoms with Crippen molar-refractivity contribution in [3.05, 3.63) is 40.4 Å². The number of rotatable bonds is 2. The molecule has 1 fully saturated rings. The SMILES string of the molecule is CCc1nnc2n(C3CCCCC3)c(=O)c3ccccc3n12. The molecular weight excluding hydrogens is 276 g/mol.